The fourth-order valence-corrected chi connectivity index (χ4v) is 1.24. The number of hydrogen-bond acceptors (Lipinski definition) is 1. The summed E-state index contributed by atoms with van der Waals surface area (Å²) in [5.41, 5.74) is 0. The highest BCUT2D eigenvalue weighted by Gasteiger charge is 2.12. The summed E-state index contributed by atoms with van der Waals surface area (Å²) in [5, 5.41) is 0. The molecule has 0 aliphatic carbocycles. The first-order valence-electron chi connectivity index (χ1n) is 4.93. The van der Waals surface area contributed by atoms with Crippen molar-refractivity contribution in [2.75, 3.05) is 40.9 Å². The van der Waals surface area contributed by atoms with Gasteiger partial charge in [-0.05, 0) is 12.8 Å². The predicted octanol–water partition coefficient (Wildman–Crippen LogP) is 1.90. The van der Waals surface area contributed by atoms with Crippen LogP contribution in [0, 0.1) is 0 Å². The van der Waals surface area contributed by atoms with Gasteiger partial charge in [0.05, 0.1) is 27.2 Å². The van der Waals surface area contributed by atoms with E-state index in [-0.39, 0.29) is 0 Å². The van der Waals surface area contributed by atoms with Gasteiger partial charge in [0, 0.05) is 7.11 Å². The van der Waals surface area contributed by atoms with E-state index in [0.717, 1.165) is 17.6 Å². The van der Waals surface area contributed by atoms with Gasteiger partial charge in [0.1, 0.15) is 6.54 Å². The Morgan fingerprint density at radius 2 is 1.75 bits per heavy atom. The van der Waals surface area contributed by atoms with Crippen molar-refractivity contribution in [3.8, 4) is 0 Å². The SMILES string of the molecule is CCCCC[N+](C)(C)CCOC. The molecule has 0 saturated carbocycles. The smallest absolute Gasteiger partial charge is 0.102 e. The third kappa shape index (κ3) is 6.62. The van der Waals surface area contributed by atoms with Gasteiger partial charge in [0.2, 0.25) is 0 Å². The maximum atomic E-state index is 5.07. The molecule has 0 aromatic rings. The summed E-state index contributed by atoms with van der Waals surface area (Å²) in [5.74, 6) is 0. The summed E-state index contributed by atoms with van der Waals surface area (Å²) in [6.45, 7) is 5.52. The zero-order valence-electron chi connectivity index (χ0n) is 9.10. The molecule has 74 valence electrons. The molecule has 2 heteroatoms. The molecule has 0 aromatic heterocycles. The second-order valence-electron chi connectivity index (χ2n) is 4.08. The Kier molecular flexibility index (Phi) is 6.39. The third-order valence-electron chi connectivity index (χ3n) is 2.27. The summed E-state index contributed by atoms with van der Waals surface area (Å²) < 4.78 is 6.16. The van der Waals surface area contributed by atoms with Crippen LogP contribution in [-0.2, 0) is 4.74 Å². The third-order valence-corrected chi connectivity index (χ3v) is 2.27. The Labute approximate surface area is 77.1 Å². The van der Waals surface area contributed by atoms with E-state index >= 15 is 0 Å². The van der Waals surface area contributed by atoms with Crippen LogP contribution in [0.15, 0.2) is 0 Å². The molecule has 0 spiro atoms. The average molecular weight is 174 g/mol. The van der Waals surface area contributed by atoms with E-state index in [0.29, 0.717) is 0 Å². The number of likely N-dealkylation sites (N-methyl/N-ethyl adjacent to an activating group) is 1. The molecule has 0 heterocycles. The summed E-state index contributed by atoms with van der Waals surface area (Å²) in [7, 11) is 6.31. The minimum Gasteiger partial charge on any atom is -0.379 e. The van der Waals surface area contributed by atoms with Gasteiger partial charge in [-0.25, -0.2) is 0 Å². The number of rotatable bonds is 7. The topological polar surface area (TPSA) is 9.23 Å². The van der Waals surface area contributed by atoms with E-state index in [1.54, 1.807) is 7.11 Å². The molecule has 0 aliphatic heterocycles. The quantitative estimate of drug-likeness (QED) is 0.423. The minimum atomic E-state index is 0.874. The summed E-state index contributed by atoms with van der Waals surface area (Å²) >= 11 is 0. The lowest BCUT2D eigenvalue weighted by molar-refractivity contribution is -0.890. The molecule has 0 atom stereocenters. The van der Waals surface area contributed by atoms with Crippen LogP contribution in [0.1, 0.15) is 26.2 Å². The highest BCUT2D eigenvalue weighted by molar-refractivity contribution is 4.38. The maximum absolute atomic E-state index is 5.07. The molecule has 0 aromatic carbocycles. The monoisotopic (exact) mass is 174 g/mol. The molecule has 0 bridgehead atoms. The molecular weight excluding hydrogens is 150 g/mol. The molecule has 0 radical (unpaired) electrons. The van der Waals surface area contributed by atoms with Gasteiger partial charge < -0.3 is 9.22 Å². The Hall–Kier alpha value is -0.0800. The van der Waals surface area contributed by atoms with E-state index in [2.05, 4.69) is 21.0 Å². The van der Waals surface area contributed by atoms with Crippen molar-refractivity contribution in [3.05, 3.63) is 0 Å². The molecule has 0 amide bonds. The number of ether oxygens (including phenoxy) is 1. The zero-order valence-corrected chi connectivity index (χ0v) is 9.10. The van der Waals surface area contributed by atoms with Crippen LogP contribution < -0.4 is 0 Å². The normalized spacial score (nSPS) is 12.0. The van der Waals surface area contributed by atoms with E-state index in [9.17, 15) is 0 Å². The van der Waals surface area contributed by atoms with Crippen molar-refractivity contribution in [2.24, 2.45) is 0 Å². The minimum absolute atomic E-state index is 0.874. The van der Waals surface area contributed by atoms with Crippen LogP contribution in [0.4, 0.5) is 0 Å². The maximum Gasteiger partial charge on any atom is 0.102 e. The van der Waals surface area contributed by atoms with Crippen LogP contribution in [0.2, 0.25) is 0 Å². The Morgan fingerprint density at radius 3 is 2.25 bits per heavy atom. The summed E-state index contributed by atoms with van der Waals surface area (Å²) in [4.78, 5) is 0. The van der Waals surface area contributed by atoms with Crippen LogP contribution in [0.25, 0.3) is 0 Å². The Morgan fingerprint density at radius 1 is 1.08 bits per heavy atom. The molecule has 12 heavy (non-hydrogen) atoms. The molecule has 0 saturated heterocycles. The van der Waals surface area contributed by atoms with Crippen molar-refractivity contribution < 1.29 is 9.22 Å². The fraction of sp³-hybridized carbons (Fsp3) is 1.00. The van der Waals surface area contributed by atoms with E-state index in [1.165, 1.54) is 25.8 Å². The summed E-state index contributed by atoms with van der Waals surface area (Å²) in [6, 6.07) is 0. The lowest BCUT2D eigenvalue weighted by atomic mass is 10.2. The van der Waals surface area contributed by atoms with Crippen molar-refractivity contribution in [1.82, 2.24) is 0 Å². The highest BCUT2D eigenvalue weighted by atomic mass is 16.5. The first-order valence-corrected chi connectivity index (χ1v) is 4.93. The average Bonchev–Trinajstić information content (AvgIpc) is 2.01. The van der Waals surface area contributed by atoms with E-state index < -0.39 is 0 Å². The van der Waals surface area contributed by atoms with Gasteiger partial charge >= 0.3 is 0 Å². The zero-order chi connectivity index (χ0) is 9.45. The molecule has 0 N–H and O–H groups in total. The van der Waals surface area contributed by atoms with E-state index in [4.69, 9.17) is 4.74 Å². The van der Waals surface area contributed by atoms with E-state index in [1.807, 2.05) is 0 Å². The molecule has 2 nitrogen and oxygen atoms in total. The van der Waals surface area contributed by atoms with Crippen molar-refractivity contribution in [3.63, 3.8) is 0 Å². The second kappa shape index (κ2) is 6.44. The fourth-order valence-electron chi connectivity index (χ4n) is 1.24. The van der Waals surface area contributed by atoms with Gasteiger partial charge in [-0.1, -0.05) is 13.3 Å². The summed E-state index contributed by atoms with van der Waals surface area (Å²) in [6.07, 6.45) is 4.01. The first-order chi connectivity index (χ1) is 5.62. The lowest BCUT2D eigenvalue weighted by Crippen LogP contribution is -2.42. The van der Waals surface area contributed by atoms with Gasteiger partial charge in [-0.2, -0.15) is 0 Å². The van der Waals surface area contributed by atoms with Crippen molar-refractivity contribution >= 4 is 0 Å². The van der Waals surface area contributed by atoms with Gasteiger partial charge in [-0.3, -0.25) is 0 Å². The second-order valence-corrected chi connectivity index (χ2v) is 4.08. The van der Waals surface area contributed by atoms with Crippen molar-refractivity contribution in [2.45, 2.75) is 26.2 Å². The highest BCUT2D eigenvalue weighted by Crippen LogP contribution is 2.02. The van der Waals surface area contributed by atoms with Gasteiger partial charge in [0.25, 0.3) is 0 Å². The van der Waals surface area contributed by atoms with Crippen LogP contribution in [0.5, 0.6) is 0 Å². The van der Waals surface area contributed by atoms with Crippen LogP contribution in [0.3, 0.4) is 0 Å². The number of unbranched alkanes of at least 4 members (excludes halogenated alkanes) is 2. The van der Waals surface area contributed by atoms with Crippen LogP contribution >= 0.6 is 0 Å². The van der Waals surface area contributed by atoms with Gasteiger partial charge in [0.15, 0.2) is 0 Å². The molecule has 0 unspecified atom stereocenters. The number of nitrogens with zero attached hydrogens (tertiary/aromatic N) is 1. The Balaban J connectivity index is 3.42. The standard InChI is InChI=1S/C10H24NO/c1-5-6-7-8-11(2,3)9-10-12-4/h5-10H2,1-4H3/q+1. The number of methoxy groups -OCH3 is 1. The Bertz CT molecular complexity index is 102. The largest absolute Gasteiger partial charge is 0.379 e. The van der Waals surface area contributed by atoms with Gasteiger partial charge in [-0.15, -0.1) is 0 Å². The molecule has 0 aliphatic rings. The lowest BCUT2D eigenvalue weighted by Gasteiger charge is -2.29. The first kappa shape index (κ1) is 11.9. The number of quaternary nitrogens is 1. The number of hydrogen-bond donors (Lipinski definition) is 0. The molecular formula is C10H24NO+. The predicted molar refractivity (Wildman–Crippen MR) is 53.2 cm³/mol. The molecule has 0 rings (SSSR count). The molecule has 0 fully saturated rings. The van der Waals surface area contributed by atoms with Crippen molar-refractivity contribution in [1.29, 1.82) is 0 Å². The van der Waals surface area contributed by atoms with Crippen LogP contribution in [-0.4, -0.2) is 45.4 Å².